The van der Waals surface area contributed by atoms with E-state index in [1.165, 1.54) is 5.19 Å². The van der Waals surface area contributed by atoms with Crippen LogP contribution in [0.4, 0.5) is 0 Å². The van der Waals surface area contributed by atoms with E-state index in [0.717, 1.165) is 0 Å². The van der Waals surface area contributed by atoms with Gasteiger partial charge in [-0.05, 0) is 5.19 Å². The van der Waals surface area contributed by atoms with Crippen LogP contribution in [0.5, 0.6) is 0 Å². The van der Waals surface area contributed by atoms with Gasteiger partial charge in [0.1, 0.15) is 0 Å². The Hall–Kier alpha value is -0.0831. The molecule has 10 heavy (non-hydrogen) atoms. The smallest absolute Gasteiger partial charge is 0.121 e. The number of benzene rings is 1. The van der Waals surface area contributed by atoms with Crippen LogP contribution in [0.15, 0.2) is 30.3 Å². The van der Waals surface area contributed by atoms with Crippen LogP contribution in [0.25, 0.3) is 0 Å². The van der Waals surface area contributed by atoms with Crippen LogP contribution in [0.1, 0.15) is 0 Å². The first kappa shape index (κ1) is 8.02. The molecule has 0 amide bonds. The molecule has 0 atom stereocenters. The molecule has 0 saturated carbocycles. The monoisotopic (exact) mass is 214 g/mol. The van der Waals surface area contributed by atoms with Crippen molar-refractivity contribution in [2.45, 2.75) is 13.1 Å². The van der Waals surface area contributed by atoms with Crippen molar-refractivity contribution in [3.63, 3.8) is 0 Å². The maximum absolute atomic E-state index is 3.73. The summed E-state index contributed by atoms with van der Waals surface area (Å²) in [6, 6.07) is 10.6. The lowest BCUT2D eigenvalue weighted by atomic mass is 10.4. The van der Waals surface area contributed by atoms with Gasteiger partial charge in [-0.15, -0.1) is 15.3 Å². The molecule has 1 aromatic rings. The highest BCUT2D eigenvalue weighted by Crippen LogP contribution is 2.09. The van der Waals surface area contributed by atoms with Gasteiger partial charge in [0, 0.05) is 0 Å². The third kappa shape index (κ3) is 1.96. The molecule has 1 aromatic carbocycles. The topological polar surface area (TPSA) is 0 Å². The van der Waals surface area contributed by atoms with Crippen molar-refractivity contribution >= 4 is 27.2 Å². The molecule has 0 aliphatic carbocycles. The van der Waals surface area contributed by atoms with Crippen molar-refractivity contribution in [3.05, 3.63) is 30.3 Å². The minimum atomic E-state index is -1.22. The molecule has 1 rings (SSSR count). The molecule has 0 saturated heterocycles. The van der Waals surface area contributed by atoms with Crippen LogP contribution in [0.2, 0.25) is 13.1 Å². The minimum absolute atomic E-state index is 1.22. The first-order valence-corrected chi connectivity index (χ1v) is 8.61. The Balaban J connectivity index is 2.97. The molecule has 0 radical (unpaired) electrons. The second-order valence-electron chi connectivity index (χ2n) is 2.84. The number of halogens is 1. The van der Waals surface area contributed by atoms with Crippen LogP contribution >= 0.6 is 15.3 Å². The lowest BCUT2D eigenvalue weighted by Crippen LogP contribution is -2.33. The molecule has 0 unspecified atom stereocenters. The maximum atomic E-state index is 3.73. The molecule has 0 aliphatic rings. The van der Waals surface area contributed by atoms with E-state index in [0.29, 0.717) is 0 Å². The summed E-state index contributed by atoms with van der Waals surface area (Å²) < 4.78 is 0. The summed E-state index contributed by atoms with van der Waals surface area (Å²) in [6.07, 6.45) is 0. The molecule has 0 N–H and O–H groups in total. The van der Waals surface area contributed by atoms with Crippen molar-refractivity contribution in [2.24, 2.45) is 0 Å². The van der Waals surface area contributed by atoms with Crippen molar-refractivity contribution < 1.29 is 0 Å². The van der Waals surface area contributed by atoms with Crippen LogP contribution in [-0.2, 0) is 0 Å². The van der Waals surface area contributed by atoms with Gasteiger partial charge in [-0.2, -0.15) is 0 Å². The summed E-state index contributed by atoms with van der Waals surface area (Å²) in [5, 5.41) is 1.45. The fourth-order valence-electron chi connectivity index (χ4n) is 0.834. The SMILES string of the molecule is C[Si](C)(Br)c1ccccc1. The van der Waals surface area contributed by atoms with Gasteiger partial charge in [0.2, 0.25) is 0 Å². The molecule has 54 valence electrons. The van der Waals surface area contributed by atoms with Crippen molar-refractivity contribution in [3.8, 4) is 0 Å². The molecule has 0 aromatic heterocycles. The number of hydrogen-bond acceptors (Lipinski definition) is 0. The predicted octanol–water partition coefficient (Wildman–Crippen LogP) is 2.49. The lowest BCUT2D eigenvalue weighted by Gasteiger charge is -2.12. The second-order valence-corrected chi connectivity index (χ2v) is 12.3. The fourth-order valence-corrected chi connectivity index (χ4v) is 2.61. The summed E-state index contributed by atoms with van der Waals surface area (Å²) in [6.45, 7) is 3.34. The van der Waals surface area contributed by atoms with E-state index in [-0.39, 0.29) is 0 Å². The Morgan fingerprint density at radius 2 is 1.60 bits per heavy atom. The van der Waals surface area contributed by atoms with Gasteiger partial charge in [-0.3, -0.25) is 0 Å². The Kier molecular flexibility index (Phi) is 2.31. The maximum Gasteiger partial charge on any atom is 0.154 e. The normalized spacial score (nSPS) is 11.5. The van der Waals surface area contributed by atoms with Gasteiger partial charge in [0.05, 0.1) is 0 Å². The molecule has 0 aliphatic heterocycles. The second kappa shape index (κ2) is 2.89. The third-order valence-electron chi connectivity index (χ3n) is 1.46. The van der Waals surface area contributed by atoms with Crippen molar-refractivity contribution in [1.82, 2.24) is 0 Å². The van der Waals surface area contributed by atoms with Gasteiger partial charge >= 0.3 is 0 Å². The molecule has 0 heterocycles. The van der Waals surface area contributed by atoms with Gasteiger partial charge in [-0.1, -0.05) is 43.4 Å². The average molecular weight is 215 g/mol. The summed E-state index contributed by atoms with van der Waals surface area (Å²) in [7, 11) is 0. The Morgan fingerprint density at radius 3 is 1.90 bits per heavy atom. The van der Waals surface area contributed by atoms with E-state index in [1.807, 2.05) is 0 Å². The highest BCUT2D eigenvalue weighted by molar-refractivity contribution is 9.26. The largest absolute Gasteiger partial charge is 0.154 e. The average Bonchev–Trinajstić information content (AvgIpc) is 1.88. The first-order chi connectivity index (χ1) is 4.61. The first-order valence-electron chi connectivity index (χ1n) is 3.35. The van der Waals surface area contributed by atoms with Gasteiger partial charge in [0.15, 0.2) is 6.69 Å². The van der Waals surface area contributed by atoms with E-state index in [1.54, 1.807) is 0 Å². The van der Waals surface area contributed by atoms with E-state index in [9.17, 15) is 0 Å². The minimum Gasteiger partial charge on any atom is -0.121 e. The van der Waals surface area contributed by atoms with Crippen molar-refractivity contribution in [1.29, 1.82) is 0 Å². The summed E-state index contributed by atoms with van der Waals surface area (Å²) in [4.78, 5) is 0. The molecule has 0 spiro atoms. The summed E-state index contributed by atoms with van der Waals surface area (Å²) in [5.41, 5.74) is 0. The number of rotatable bonds is 1. The van der Waals surface area contributed by atoms with Gasteiger partial charge in [-0.25, -0.2) is 0 Å². The van der Waals surface area contributed by atoms with Crippen molar-refractivity contribution in [2.75, 3.05) is 0 Å². The molecular formula is C8H11BrSi. The molecule has 0 nitrogen and oxygen atoms in total. The highest BCUT2D eigenvalue weighted by Gasteiger charge is 2.17. The zero-order valence-corrected chi connectivity index (χ0v) is 8.85. The highest BCUT2D eigenvalue weighted by atomic mass is 79.9. The molecule has 2 heteroatoms. The van der Waals surface area contributed by atoms with Crippen LogP contribution in [0.3, 0.4) is 0 Å². The van der Waals surface area contributed by atoms with E-state index in [4.69, 9.17) is 0 Å². The van der Waals surface area contributed by atoms with Gasteiger partial charge < -0.3 is 0 Å². The Labute approximate surface area is 70.9 Å². The van der Waals surface area contributed by atoms with E-state index in [2.05, 4.69) is 58.7 Å². The lowest BCUT2D eigenvalue weighted by molar-refractivity contribution is 1.74. The van der Waals surface area contributed by atoms with E-state index < -0.39 is 6.69 Å². The molecule has 0 bridgehead atoms. The zero-order valence-electron chi connectivity index (χ0n) is 6.26. The third-order valence-corrected chi connectivity index (χ3v) is 4.54. The summed E-state index contributed by atoms with van der Waals surface area (Å²) in [5.74, 6) is 0. The quantitative estimate of drug-likeness (QED) is 0.498. The predicted molar refractivity (Wildman–Crippen MR) is 52.5 cm³/mol. The van der Waals surface area contributed by atoms with Gasteiger partial charge in [0.25, 0.3) is 0 Å². The number of hydrogen-bond donors (Lipinski definition) is 0. The Bertz CT molecular complexity index is 200. The zero-order chi connectivity index (χ0) is 7.61. The van der Waals surface area contributed by atoms with Crippen LogP contribution < -0.4 is 5.19 Å². The fraction of sp³-hybridized carbons (Fsp3) is 0.250. The Morgan fingerprint density at radius 1 is 1.10 bits per heavy atom. The van der Waals surface area contributed by atoms with Crippen LogP contribution in [-0.4, -0.2) is 6.69 Å². The standard InChI is InChI=1S/C8H11BrSi/c1-10(2,9)8-6-4-3-5-7-8/h3-7H,1-2H3. The summed E-state index contributed by atoms with van der Waals surface area (Å²) >= 11 is 3.73. The van der Waals surface area contributed by atoms with Crippen LogP contribution in [0, 0.1) is 0 Å². The molecular weight excluding hydrogens is 204 g/mol. The molecule has 0 fully saturated rings. The van der Waals surface area contributed by atoms with E-state index >= 15 is 0 Å².